The number of hydrogen-bond donors (Lipinski definition) is 2. The van der Waals surface area contributed by atoms with Gasteiger partial charge in [-0.1, -0.05) is 11.6 Å². The summed E-state index contributed by atoms with van der Waals surface area (Å²) in [5.41, 5.74) is -0.791. The van der Waals surface area contributed by atoms with Crippen LogP contribution in [0.2, 0.25) is 0 Å². The lowest BCUT2D eigenvalue weighted by Gasteiger charge is -2.41. The molecule has 2 aliphatic heterocycles. The van der Waals surface area contributed by atoms with Crippen molar-refractivity contribution >= 4 is 45.0 Å². The van der Waals surface area contributed by atoms with Gasteiger partial charge in [-0.05, 0) is 48.3 Å². The maximum Gasteiger partial charge on any atom is 0.293 e. The molecule has 1 fully saturated rings. The molecule has 23 heteroatoms. The van der Waals surface area contributed by atoms with E-state index in [9.17, 15) is 30.8 Å². The minimum atomic E-state index is -3.82. The fraction of sp³-hybridized carbons (Fsp3) is 0.368. The molecule has 5 aliphatic rings. The molecule has 0 saturated heterocycles. The zero-order valence-electron chi connectivity index (χ0n) is 31.9. The molecule has 0 spiro atoms. The SMILES string of the molecule is CN1N=C(NS(C)(=O)=O)C2C(Cl)=CC=C(N3Cc4ccc(OCc5ncco5)nc4N=C3[C@H](Cc3cc(F)cc(F)c3)NC(=O)Cn3nc(C(F)F)c4c3C(F)(F)[C@@H]3C[C@H]43)C21. The van der Waals surface area contributed by atoms with Crippen LogP contribution in [-0.2, 0) is 46.9 Å². The van der Waals surface area contributed by atoms with E-state index in [-0.39, 0.29) is 71.4 Å². The highest BCUT2D eigenvalue weighted by Gasteiger charge is 2.67. The largest absolute Gasteiger partial charge is 0.468 e. The van der Waals surface area contributed by atoms with Gasteiger partial charge in [-0.2, -0.15) is 24.0 Å². The van der Waals surface area contributed by atoms with Gasteiger partial charge in [0.25, 0.3) is 12.3 Å². The van der Waals surface area contributed by atoms with Crippen molar-refractivity contribution in [2.45, 2.75) is 62.9 Å². The van der Waals surface area contributed by atoms with Gasteiger partial charge in [-0.15, -0.1) is 0 Å². The van der Waals surface area contributed by atoms with Crippen LogP contribution in [0.15, 0.2) is 80.2 Å². The molecule has 1 aromatic carbocycles. The number of aromatic nitrogens is 4. The smallest absolute Gasteiger partial charge is 0.293 e. The minimum absolute atomic E-state index is 0.00628. The lowest BCUT2D eigenvalue weighted by Crippen LogP contribution is -2.54. The third kappa shape index (κ3) is 7.59. The Labute approximate surface area is 347 Å². The lowest BCUT2D eigenvalue weighted by molar-refractivity contribution is -0.122. The number of sulfonamides is 1. The fourth-order valence-electron chi connectivity index (χ4n) is 8.45. The van der Waals surface area contributed by atoms with E-state index in [1.165, 1.54) is 17.5 Å². The first-order valence-electron chi connectivity index (χ1n) is 18.7. The van der Waals surface area contributed by atoms with Crippen LogP contribution in [0.3, 0.4) is 0 Å². The number of likely N-dealkylation sites (N-methyl/N-ethyl adjacent to an activating group) is 1. The number of hydrazone groups is 1. The number of nitrogens with one attached hydrogen (secondary N) is 2. The Morgan fingerprint density at radius 2 is 1.92 bits per heavy atom. The van der Waals surface area contributed by atoms with Gasteiger partial charge in [0.05, 0.1) is 31.0 Å². The Balaban J connectivity index is 1.12. The number of ether oxygens (including phenoxy) is 1. The number of carbonyl (C=O) groups excluding carboxylic acids is 1. The Kier molecular flexibility index (Phi) is 9.91. The van der Waals surface area contributed by atoms with E-state index in [2.05, 4.69) is 30.2 Å². The van der Waals surface area contributed by atoms with Crippen molar-refractivity contribution in [1.29, 1.82) is 0 Å². The summed E-state index contributed by atoms with van der Waals surface area (Å²) in [6.45, 7) is -1.01. The van der Waals surface area contributed by atoms with E-state index >= 15 is 8.78 Å². The summed E-state index contributed by atoms with van der Waals surface area (Å²) in [6, 6.07) is 3.91. The molecule has 0 radical (unpaired) electrons. The number of aliphatic imine (C=N–C) groups is 1. The van der Waals surface area contributed by atoms with Crippen LogP contribution in [-0.4, -0.2) is 81.0 Å². The molecule has 4 aromatic rings. The van der Waals surface area contributed by atoms with Crippen molar-refractivity contribution < 1.29 is 48.7 Å². The van der Waals surface area contributed by atoms with Crippen molar-refractivity contribution in [3.05, 3.63) is 111 Å². The number of fused-ring (bicyclic) bond motifs is 5. The molecule has 3 aliphatic carbocycles. The van der Waals surface area contributed by atoms with Gasteiger partial charge in [0, 0.05) is 53.4 Å². The molecule has 61 heavy (non-hydrogen) atoms. The van der Waals surface area contributed by atoms with Gasteiger partial charge in [0.2, 0.25) is 27.7 Å². The van der Waals surface area contributed by atoms with E-state index < -0.39 is 87.7 Å². The van der Waals surface area contributed by atoms with Crippen LogP contribution < -0.4 is 14.8 Å². The van der Waals surface area contributed by atoms with E-state index in [4.69, 9.17) is 25.7 Å². The first-order valence-corrected chi connectivity index (χ1v) is 21.0. The van der Waals surface area contributed by atoms with E-state index in [0.29, 0.717) is 22.0 Å². The Morgan fingerprint density at radius 1 is 1.15 bits per heavy atom. The number of pyridine rings is 1. The second-order valence-corrected chi connectivity index (χ2v) is 17.4. The summed E-state index contributed by atoms with van der Waals surface area (Å²) in [4.78, 5) is 29.2. The zero-order chi connectivity index (χ0) is 43.1. The molecule has 2 unspecified atom stereocenters. The molecular formula is C38H33ClF6N10O5S. The maximum atomic E-state index is 15.5. The van der Waals surface area contributed by atoms with Gasteiger partial charge in [0.15, 0.2) is 12.4 Å². The van der Waals surface area contributed by atoms with E-state index in [1.54, 1.807) is 36.2 Å². The summed E-state index contributed by atoms with van der Waals surface area (Å²) in [5.74, 6) is -8.61. The molecule has 5 heterocycles. The first-order chi connectivity index (χ1) is 28.9. The highest BCUT2D eigenvalue weighted by Crippen LogP contribution is 2.68. The van der Waals surface area contributed by atoms with Crippen LogP contribution >= 0.6 is 11.6 Å². The molecule has 3 aromatic heterocycles. The summed E-state index contributed by atoms with van der Waals surface area (Å²) in [5, 5.41) is 12.7. The summed E-state index contributed by atoms with van der Waals surface area (Å²) in [6.07, 6.45) is 3.46. The molecule has 2 N–H and O–H groups in total. The van der Waals surface area contributed by atoms with Crippen LogP contribution in [0, 0.1) is 23.5 Å². The second kappa shape index (κ2) is 14.9. The zero-order valence-corrected chi connectivity index (χ0v) is 33.4. The number of alkyl halides is 4. The average molecular weight is 891 g/mol. The molecular weight excluding hydrogens is 858 g/mol. The molecule has 15 nitrogen and oxygen atoms in total. The monoisotopic (exact) mass is 890 g/mol. The molecule has 9 rings (SSSR count). The summed E-state index contributed by atoms with van der Waals surface area (Å²) >= 11 is 6.70. The van der Waals surface area contributed by atoms with Gasteiger partial charge in [-0.3, -0.25) is 19.2 Å². The maximum absolute atomic E-state index is 15.5. The number of halogens is 7. The number of benzene rings is 1. The molecule has 5 atom stereocenters. The van der Waals surface area contributed by atoms with E-state index in [1.807, 2.05) is 0 Å². The molecule has 320 valence electrons. The number of rotatable bonds is 12. The van der Waals surface area contributed by atoms with Crippen molar-refractivity contribution in [1.82, 2.24) is 39.7 Å². The third-order valence-corrected chi connectivity index (χ3v) is 11.9. The third-order valence-electron chi connectivity index (χ3n) is 10.9. The van der Waals surface area contributed by atoms with Crippen LogP contribution in [0.25, 0.3) is 0 Å². The number of hydrogen-bond acceptors (Lipinski definition) is 12. The van der Waals surface area contributed by atoms with E-state index in [0.717, 1.165) is 18.4 Å². The van der Waals surface area contributed by atoms with Gasteiger partial charge in [0.1, 0.15) is 53.5 Å². The Hall–Kier alpha value is -5.90. The summed E-state index contributed by atoms with van der Waals surface area (Å²) < 4.78 is 127. The minimum Gasteiger partial charge on any atom is -0.468 e. The predicted molar refractivity (Wildman–Crippen MR) is 204 cm³/mol. The number of allylic oxidation sites excluding steroid dienone is 2. The normalized spacial score (nSPS) is 22.7. The van der Waals surface area contributed by atoms with Gasteiger partial charge in [-0.25, -0.2) is 36.0 Å². The number of nitrogens with zero attached hydrogens (tertiary/aromatic N) is 8. The van der Waals surface area contributed by atoms with Crippen molar-refractivity contribution in [2.75, 3.05) is 13.3 Å². The van der Waals surface area contributed by atoms with Crippen molar-refractivity contribution in [2.24, 2.45) is 21.9 Å². The Morgan fingerprint density at radius 3 is 2.62 bits per heavy atom. The van der Waals surface area contributed by atoms with Crippen LogP contribution in [0.1, 0.15) is 52.7 Å². The standard InChI is InChI=1S/C38H33ClF6N10O5S/c1-53-32-25(5-4-23(39)30(32)36(51-53)52-61(2,57)58)54-14-18-3-6-27(60-16-28-46-7-8-59-28)48-35(18)49-37(54)24(11-17-9-19(40)12-20(41)10-17)47-26(56)15-55-33-29(31(50-55)34(42)43)21-13-22(21)38(33,44)45/h3-10,12,21-22,24,30,32,34H,11,13-16H2,1-2H3,(H,47,56)(H,51,52)/t21-,22+,24-,30?,32?/m0/s1. The number of carbonyl (C=O) groups is 1. The molecule has 0 bridgehead atoms. The van der Waals surface area contributed by atoms with Crippen molar-refractivity contribution in [3.8, 4) is 5.88 Å². The molecule has 1 amide bonds. The van der Waals surface area contributed by atoms with Crippen molar-refractivity contribution in [3.63, 3.8) is 0 Å². The fourth-order valence-corrected chi connectivity index (χ4v) is 9.28. The average Bonchev–Trinajstić information content (AvgIpc) is 3.40. The number of amidine groups is 2. The van der Waals surface area contributed by atoms with Gasteiger partial charge >= 0.3 is 0 Å². The van der Waals surface area contributed by atoms with Crippen LogP contribution in [0.5, 0.6) is 5.88 Å². The number of oxazole rings is 1. The predicted octanol–water partition coefficient (Wildman–Crippen LogP) is 5.36. The lowest BCUT2D eigenvalue weighted by atomic mass is 9.90. The number of amides is 1. The van der Waals surface area contributed by atoms with Crippen LogP contribution in [0.4, 0.5) is 32.2 Å². The molecule has 1 saturated carbocycles. The highest BCUT2D eigenvalue weighted by atomic mass is 35.5. The van der Waals surface area contributed by atoms with Gasteiger partial charge < -0.3 is 19.4 Å². The topological polar surface area (TPSA) is 172 Å². The highest BCUT2D eigenvalue weighted by molar-refractivity contribution is 7.89. The summed E-state index contributed by atoms with van der Waals surface area (Å²) in [7, 11) is -2.22. The Bertz CT molecular complexity index is 2670. The first kappa shape index (κ1) is 40.5. The quantitative estimate of drug-likeness (QED) is 0.177. The second-order valence-electron chi connectivity index (χ2n) is 15.2.